The molecule has 0 spiro atoms. The third-order valence-corrected chi connectivity index (χ3v) is 1.18. The van der Waals surface area contributed by atoms with Crippen LogP contribution in [-0.2, 0) is 0 Å². The maximum absolute atomic E-state index is 12.2. The van der Waals surface area contributed by atoms with Gasteiger partial charge in [0, 0.05) is 6.54 Å². The number of hydrogen-bond acceptors (Lipinski definition) is 3. The molecule has 1 aromatic rings. The third-order valence-electron chi connectivity index (χ3n) is 1.18. The highest BCUT2D eigenvalue weighted by atomic mass is 19.1. The Balaban J connectivity index is 2.52. The number of aromatic nitrogens is 2. The van der Waals surface area contributed by atoms with Crippen molar-refractivity contribution < 1.29 is 4.39 Å². The first kappa shape index (κ1) is 7.91. The second-order valence-electron chi connectivity index (χ2n) is 2.15. The summed E-state index contributed by atoms with van der Waals surface area (Å²) >= 11 is 0. The molecular formula is C7H10FN3. The van der Waals surface area contributed by atoms with Crippen molar-refractivity contribution in [3.8, 4) is 0 Å². The number of anilines is 1. The zero-order valence-electron chi connectivity index (χ0n) is 6.34. The van der Waals surface area contributed by atoms with E-state index in [1.165, 1.54) is 6.20 Å². The minimum atomic E-state index is -0.549. The highest BCUT2D eigenvalue weighted by Crippen LogP contribution is 1.98. The van der Waals surface area contributed by atoms with Gasteiger partial charge in [0.05, 0.1) is 12.4 Å². The van der Waals surface area contributed by atoms with Gasteiger partial charge in [-0.05, 0) is 6.42 Å². The molecule has 1 N–H and O–H groups in total. The predicted molar refractivity (Wildman–Crippen MR) is 40.8 cm³/mol. The van der Waals surface area contributed by atoms with Crippen LogP contribution in [0.25, 0.3) is 0 Å². The van der Waals surface area contributed by atoms with Gasteiger partial charge in [-0.25, -0.2) is 9.97 Å². The summed E-state index contributed by atoms with van der Waals surface area (Å²) < 4.78 is 12.2. The number of nitrogens with one attached hydrogen (secondary N) is 1. The molecule has 3 nitrogen and oxygen atoms in total. The molecule has 1 heterocycles. The molecular weight excluding hydrogens is 145 g/mol. The summed E-state index contributed by atoms with van der Waals surface area (Å²) in [6.07, 6.45) is 3.49. The van der Waals surface area contributed by atoms with Crippen molar-refractivity contribution in [1.82, 2.24) is 9.97 Å². The van der Waals surface area contributed by atoms with Crippen molar-refractivity contribution >= 4 is 5.82 Å². The lowest BCUT2D eigenvalue weighted by Gasteiger charge is -2.00. The van der Waals surface area contributed by atoms with Crippen LogP contribution < -0.4 is 5.32 Å². The number of halogens is 1. The average molecular weight is 155 g/mol. The first-order valence-corrected chi connectivity index (χ1v) is 3.54. The Hall–Kier alpha value is -1.19. The fourth-order valence-corrected chi connectivity index (χ4v) is 0.657. The van der Waals surface area contributed by atoms with Crippen LogP contribution in [0.2, 0.25) is 0 Å². The van der Waals surface area contributed by atoms with Crippen LogP contribution >= 0.6 is 0 Å². The van der Waals surface area contributed by atoms with Gasteiger partial charge in [0.25, 0.3) is 0 Å². The van der Waals surface area contributed by atoms with E-state index in [4.69, 9.17) is 0 Å². The van der Waals surface area contributed by atoms with E-state index in [9.17, 15) is 4.39 Å². The first-order chi connectivity index (χ1) is 5.33. The van der Waals surface area contributed by atoms with Crippen molar-refractivity contribution in [2.45, 2.75) is 13.3 Å². The fraction of sp³-hybridized carbons (Fsp3) is 0.429. The van der Waals surface area contributed by atoms with E-state index >= 15 is 0 Å². The van der Waals surface area contributed by atoms with E-state index < -0.39 is 5.95 Å². The van der Waals surface area contributed by atoms with Crippen LogP contribution in [0.5, 0.6) is 0 Å². The molecule has 0 atom stereocenters. The van der Waals surface area contributed by atoms with E-state index in [2.05, 4.69) is 15.3 Å². The maximum atomic E-state index is 12.2. The molecule has 1 rings (SSSR count). The van der Waals surface area contributed by atoms with Gasteiger partial charge < -0.3 is 5.32 Å². The third kappa shape index (κ3) is 2.49. The minimum absolute atomic E-state index is 0.549. The van der Waals surface area contributed by atoms with Crippen LogP contribution in [0.4, 0.5) is 10.2 Å². The highest BCUT2D eigenvalue weighted by molar-refractivity contribution is 5.29. The Labute approximate surface area is 64.7 Å². The van der Waals surface area contributed by atoms with E-state index in [0.29, 0.717) is 5.82 Å². The SMILES string of the molecule is CCCNc1cnc(F)cn1. The van der Waals surface area contributed by atoms with Crippen LogP contribution in [0.3, 0.4) is 0 Å². The smallest absolute Gasteiger partial charge is 0.231 e. The molecule has 4 heteroatoms. The molecule has 0 amide bonds. The van der Waals surface area contributed by atoms with Crippen LogP contribution in [0.15, 0.2) is 12.4 Å². The molecule has 11 heavy (non-hydrogen) atoms. The van der Waals surface area contributed by atoms with Gasteiger partial charge >= 0.3 is 0 Å². The predicted octanol–water partition coefficient (Wildman–Crippen LogP) is 1.44. The lowest BCUT2D eigenvalue weighted by Crippen LogP contribution is -2.02. The second-order valence-corrected chi connectivity index (χ2v) is 2.15. The molecule has 0 aliphatic heterocycles. The lowest BCUT2D eigenvalue weighted by atomic mass is 10.5. The van der Waals surface area contributed by atoms with E-state index in [0.717, 1.165) is 19.2 Å². The lowest BCUT2D eigenvalue weighted by molar-refractivity contribution is 0.577. The minimum Gasteiger partial charge on any atom is -0.369 e. The zero-order valence-corrected chi connectivity index (χ0v) is 6.34. The summed E-state index contributed by atoms with van der Waals surface area (Å²) in [7, 11) is 0. The molecule has 60 valence electrons. The topological polar surface area (TPSA) is 37.8 Å². The van der Waals surface area contributed by atoms with Crippen LogP contribution in [-0.4, -0.2) is 16.5 Å². The highest BCUT2D eigenvalue weighted by Gasteiger charge is 1.92. The molecule has 0 saturated heterocycles. The quantitative estimate of drug-likeness (QED) is 0.717. The van der Waals surface area contributed by atoms with E-state index in [-0.39, 0.29) is 0 Å². The van der Waals surface area contributed by atoms with Gasteiger partial charge in [0.1, 0.15) is 5.82 Å². The Kier molecular flexibility index (Phi) is 2.77. The van der Waals surface area contributed by atoms with Crippen molar-refractivity contribution in [3.05, 3.63) is 18.3 Å². The zero-order chi connectivity index (χ0) is 8.10. The van der Waals surface area contributed by atoms with Gasteiger partial charge in [-0.15, -0.1) is 0 Å². The molecule has 0 fully saturated rings. The molecule has 0 radical (unpaired) electrons. The van der Waals surface area contributed by atoms with Gasteiger partial charge in [-0.2, -0.15) is 4.39 Å². The summed E-state index contributed by atoms with van der Waals surface area (Å²) in [4.78, 5) is 7.21. The van der Waals surface area contributed by atoms with Gasteiger partial charge in [-0.1, -0.05) is 6.92 Å². The van der Waals surface area contributed by atoms with E-state index in [1.54, 1.807) is 0 Å². The van der Waals surface area contributed by atoms with E-state index in [1.807, 2.05) is 6.92 Å². The standard InChI is InChI=1S/C7H10FN3/c1-2-3-9-7-5-10-6(8)4-11-7/h4-5H,2-3H2,1H3,(H,9,11). The monoisotopic (exact) mass is 155 g/mol. The normalized spacial score (nSPS) is 9.64. The Morgan fingerprint density at radius 3 is 2.82 bits per heavy atom. The summed E-state index contributed by atoms with van der Waals surface area (Å²) in [5.74, 6) is 0.0697. The summed E-state index contributed by atoms with van der Waals surface area (Å²) in [6.45, 7) is 2.88. The summed E-state index contributed by atoms with van der Waals surface area (Å²) in [5.41, 5.74) is 0. The summed E-state index contributed by atoms with van der Waals surface area (Å²) in [6, 6.07) is 0. The largest absolute Gasteiger partial charge is 0.369 e. The van der Waals surface area contributed by atoms with Gasteiger partial charge in [0.15, 0.2) is 0 Å². The number of nitrogens with zero attached hydrogens (tertiary/aromatic N) is 2. The molecule has 0 aliphatic rings. The van der Waals surface area contributed by atoms with Crippen molar-refractivity contribution in [3.63, 3.8) is 0 Å². The molecule has 0 saturated carbocycles. The Bertz CT molecular complexity index is 209. The average Bonchev–Trinajstić information content (AvgIpc) is 2.04. The Morgan fingerprint density at radius 1 is 1.45 bits per heavy atom. The van der Waals surface area contributed by atoms with Crippen molar-refractivity contribution in [2.75, 3.05) is 11.9 Å². The van der Waals surface area contributed by atoms with Crippen molar-refractivity contribution in [1.29, 1.82) is 0 Å². The van der Waals surface area contributed by atoms with Gasteiger partial charge in [0.2, 0.25) is 5.95 Å². The van der Waals surface area contributed by atoms with Gasteiger partial charge in [-0.3, -0.25) is 0 Å². The molecule has 0 aromatic carbocycles. The fourth-order valence-electron chi connectivity index (χ4n) is 0.657. The molecule has 0 unspecified atom stereocenters. The van der Waals surface area contributed by atoms with Crippen LogP contribution in [0, 0.1) is 5.95 Å². The maximum Gasteiger partial charge on any atom is 0.231 e. The Morgan fingerprint density at radius 2 is 2.27 bits per heavy atom. The number of hydrogen-bond donors (Lipinski definition) is 1. The van der Waals surface area contributed by atoms with Crippen molar-refractivity contribution in [2.24, 2.45) is 0 Å². The number of rotatable bonds is 3. The summed E-state index contributed by atoms with van der Waals surface area (Å²) in [5, 5.41) is 2.98. The molecule has 0 aliphatic carbocycles. The molecule has 1 aromatic heterocycles. The second kappa shape index (κ2) is 3.85. The molecule has 0 bridgehead atoms. The van der Waals surface area contributed by atoms with Crippen LogP contribution in [0.1, 0.15) is 13.3 Å². The first-order valence-electron chi connectivity index (χ1n) is 3.54.